The predicted molar refractivity (Wildman–Crippen MR) is 64.6 cm³/mol. The fraction of sp³-hybridized carbons (Fsp3) is 0.167. The van der Waals surface area contributed by atoms with E-state index in [2.05, 4.69) is 15.0 Å². The lowest BCUT2D eigenvalue weighted by molar-refractivity contribution is 0.0699. The number of aromatic amines is 1. The Balaban J connectivity index is 0.000000169. The van der Waals surface area contributed by atoms with Crippen molar-refractivity contribution in [3.63, 3.8) is 0 Å². The minimum Gasteiger partial charge on any atom is -0.478 e. The molecule has 3 rings (SSSR count). The van der Waals surface area contributed by atoms with Crippen LogP contribution in [0.3, 0.4) is 0 Å². The summed E-state index contributed by atoms with van der Waals surface area (Å²) in [6, 6.07) is 6.93. The fourth-order valence-corrected chi connectivity index (χ4v) is 1.62. The Hall–Kier alpha value is -2.50. The molecule has 0 bridgehead atoms. The molecule has 6 heteroatoms. The molecule has 0 aliphatic carbocycles. The van der Waals surface area contributed by atoms with Crippen molar-refractivity contribution < 1.29 is 19.4 Å². The highest BCUT2D eigenvalue weighted by Crippen LogP contribution is 2.16. The largest absolute Gasteiger partial charge is 0.478 e. The number of carbonyl (C=O) groups excluding carboxylic acids is 1. The van der Waals surface area contributed by atoms with E-state index in [1.165, 1.54) is 0 Å². The molecule has 0 atom stereocenters. The van der Waals surface area contributed by atoms with Crippen LogP contribution in [0.5, 0.6) is 0 Å². The van der Waals surface area contributed by atoms with Gasteiger partial charge in [0, 0.05) is 17.1 Å². The maximum absolute atomic E-state index is 10.7. The van der Waals surface area contributed by atoms with Crippen LogP contribution in [0.2, 0.25) is 0 Å². The van der Waals surface area contributed by atoms with Crippen LogP contribution < -0.4 is 5.32 Å². The third kappa shape index (κ3) is 2.60. The molecule has 0 spiro atoms. The molecular weight excluding hydrogens is 236 g/mol. The number of alkyl carbamates (subject to hydrolysis) is 1. The number of carboxylic acid groups (broad SMARTS) is 1. The minimum atomic E-state index is -0.889. The monoisotopic (exact) mass is 248 g/mol. The molecule has 94 valence electrons. The molecule has 3 N–H and O–H groups in total. The molecule has 2 heterocycles. The molecule has 1 aromatic carbocycles. The quantitative estimate of drug-likeness (QED) is 0.714. The van der Waals surface area contributed by atoms with Crippen LogP contribution in [0.15, 0.2) is 30.5 Å². The number of nitrogens with one attached hydrogen (secondary N) is 2. The molecule has 1 aromatic heterocycles. The molecule has 0 radical (unpaired) electrons. The van der Waals surface area contributed by atoms with E-state index in [1.807, 2.05) is 6.07 Å². The molecule has 18 heavy (non-hydrogen) atoms. The summed E-state index contributed by atoms with van der Waals surface area (Å²) in [5.41, 5.74) is 1.20. The van der Waals surface area contributed by atoms with Gasteiger partial charge in [0.05, 0.1) is 12.1 Å². The molecular formula is C12H12N2O4. The second-order valence-corrected chi connectivity index (χ2v) is 3.61. The summed E-state index contributed by atoms with van der Waals surface area (Å²) >= 11 is 0. The molecule has 2 aromatic rings. The number of cyclic esters (lactones) is 1. The predicted octanol–water partition coefficient (Wildman–Crippen LogP) is 1.59. The van der Waals surface area contributed by atoms with E-state index < -0.39 is 5.97 Å². The Labute approximate surface area is 103 Å². The van der Waals surface area contributed by atoms with Gasteiger partial charge < -0.3 is 20.1 Å². The summed E-state index contributed by atoms with van der Waals surface area (Å²) < 4.78 is 4.40. The van der Waals surface area contributed by atoms with Crippen LogP contribution >= 0.6 is 0 Å². The topological polar surface area (TPSA) is 91.4 Å². The third-order valence-corrected chi connectivity index (χ3v) is 2.43. The molecule has 1 aliphatic rings. The van der Waals surface area contributed by atoms with Gasteiger partial charge in [-0.1, -0.05) is 6.07 Å². The molecule has 6 nitrogen and oxygen atoms in total. The molecule has 1 saturated heterocycles. The summed E-state index contributed by atoms with van der Waals surface area (Å²) in [7, 11) is 0. The highest BCUT2D eigenvalue weighted by molar-refractivity contribution is 6.02. The Morgan fingerprint density at radius 2 is 2.17 bits per heavy atom. The van der Waals surface area contributed by atoms with E-state index in [4.69, 9.17) is 5.11 Å². The van der Waals surface area contributed by atoms with E-state index in [-0.39, 0.29) is 6.09 Å². The van der Waals surface area contributed by atoms with Gasteiger partial charge in [0.15, 0.2) is 0 Å². The minimum absolute atomic E-state index is 0.296. The van der Waals surface area contributed by atoms with Crippen molar-refractivity contribution in [2.24, 2.45) is 0 Å². The second kappa shape index (κ2) is 5.22. The van der Waals surface area contributed by atoms with Gasteiger partial charge in [-0.2, -0.15) is 0 Å². The SMILES string of the molecule is O=C(O)c1cccc2[nH]ccc12.O=C1NCCO1. The number of hydrogen-bond acceptors (Lipinski definition) is 3. The van der Waals surface area contributed by atoms with Gasteiger partial charge in [-0.15, -0.1) is 0 Å². The number of carbonyl (C=O) groups is 2. The average Bonchev–Trinajstić information content (AvgIpc) is 2.99. The zero-order chi connectivity index (χ0) is 13.0. The van der Waals surface area contributed by atoms with Gasteiger partial charge >= 0.3 is 12.1 Å². The van der Waals surface area contributed by atoms with Gasteiger partial charge in [-0.25, -0.2) is 9.59 Å². The summed E-state index contributed by atoms with van der Waals surface area (Å²) in [5, 5.41) is 12.0. The standard InChI is InChI=1S/C9H7NO2.C3H5NO2/c11-9(12)7-2-1-3-8-6(7)4-5-10-8;5-3-4-1-2-6-3/h1-5,10H,(H,11,12);1-2H2,(H,4,5). The summed E-state index contributed by atoms with van der Waals surface area (Å²) in [6.07, 6.45) is 1.44. The van der Waals surface area contributed by atoms with Crippen molar-refractivity contribution in [2.75, 3.05) is 13.2 Å². The summed E-state index contributed by atoms with van der Waals surface area (Å²) in [6.45, 7) is 1.19. The van der Waals surface area contributed by atoms with Crippen LogP contribution in [-0.4, -0.2) is 35.3 Å². The van der Waals surface area contributed by atoms with Crippen LogP contribution in [-0.2, 0) is 4.74 Å². The number of aromatic carboxylic acids is 1. The van der Waals surface area contributed by atoms with E-state index in [1.54, 1.807) is 24.4 Å². The van der Waals surface area contributed by atoms with E-state index in [9.17, 15) is 9.59 Å². The van der Waals surface area contributed by atoms with Crippen molar-refractivity contribution in [2.45, 2.75) is 0 Å². The van der Waals surface area contributed by atoms with Crippen LogP contribution in [0.1, 0.15) is 10.4 Å². The zero-order valence-corrected chi connectivity index (χ0v) is 9.47. The number of carboxylic acids is 1. The molecule has 1 aliphatic heterocycles. The zero-order valence-electron chi connectivity index (χ0n) is 9.47. The molecule has 1 fully saturated rings. The fourth-order valence-electron chi connectivity index (χ4n) is 1.62. The van der Waals surface area contributed by atoms with Crippen molar-refractivity contribution in [1.82, 2.24) is 10.3 Å². The highest BCUT2D eigenvalue weighted by Gasteiger charge is 2.07. The lowest BCUT2D eigenvalue weighted by Crippen LogP contribution is -2.11. The smallest absolute Gasteiger partial charge is 0.407 e. The van der Waals surface area contributed by atoms with E-state index in [0.29, 0.717) is 18.7 Å². The maximum Gasteiger partial charge on any atom is 0.407 e. The van der Waals surface area contributed by atoms with Crippen molar-refractivity contribution in [3.05, 3.63) is 36.0 Å². The molecule has 0 unspecified atom stereocenters. The number of rotatable bonds is 1. The lowest BCUT2D eigenvalue weighted by atomic mass is 10.1. The number of hydrogen-bond donors (Lipinski definition) is 3. The van der Waals surface area contributed by atoms with Gasteiger partial charge in [-0.3, -0.25) is 0 Å². The van der Waals surface area contributed by atoms with Gasteiger partial charge in [0.2, 0.25) is 0 Å². The van der Waals surface area contributed by atoms with Gasteiger partial charge in [0.25, 0.3) is 0 Å². The normalized spacial score (nSPS) is 13.4. The molecule has 1 amide bonds. The number of aromatic nitrogens is 1. The Morgan fingerprint density at radius 3 is 2.72 bits per heavy atom. The van der Waals surface area contributed by atoms with Crippen molar-refractivity contribution >= 4 is 23.0 Å². The average molecular weight is 248 g/mol. The van der Waals surface area contributed by atoms with Crippen molar-refractivity contribution in [1.29, 1.82) is 0 Å². The second-order valence-electron chi connectivity index (χ2n) is 3.61. The number of ether oxygens (including phenoxy) is 1. The maximum atomic E-state index is 10.7. The highest BCUT2D eigenvalue weighted by atomic mass is 16.6. The van der Waals surface area contributed by atoms with Gasteiger partial charge in [-0.05, 0) is 18.2 Å². The number of fused-ring (bicyclic) bond motifs is 1. The van der Waals surface area contributed by atoms with Crippen LogP contribution in [0.4, 0.5) is 4.79 Å². The van der Waals surface area contributed by atoms with Gasteiger partial charge in [0.1, 0.15) is 6.61 Å². The van der Waals surface area contributed by atoms with Crippen molar-refractivity contribution in [3.8, 4) is 0 Å². The first-order valence-electron chi connectivity index (χ1n) is 5.38. The first kappa shape index (κ1) is 12.0. The van der Waals surface area contributed by atoms with E-state index in [0.717, 1.165) is 10.9 Å². The van der Waals surface area contributed by atoms with Crippen LogP contribution in [0.25, 0.3) is 10.9 Å². The van der Waals surface area contributed by atoms with E-state index >= 15 is 0 Å². The molecule has 0 saturated carbocycles. The Kier molecular flexibility index (Phi) is 3.47. The Bertz CT molecular complexity index is 568. The number of benzene rings is 1. The Morgan fingerprint density at radius 1 is 1.33 bits per heavy atom. The summed E-state index contributed by atoms with van der Waals surface area (Å²) in [5.74, 6) is -0.889. The third-order valence-electron chi connectivity index (χ3n) is 2.43. The lowest BCUT2D eigenvalue weighted by Gasteiger charge is -1.94. The van der Waals surface area contributed by atoms with Crippen LogP contribution in [0, 0.1) is 0 Å². The number of amides is 1. The first-order chi connectivity index (χ1) is 8.68. The summed E-state index contributed by atoms with van der Waals surface area (Å²) in [4.78, 5) is 23.6. The first-order valence-corrected chi connectivity index (χ1v) is 5.38. The number of H-pyrrole nitrogens is 1.